The van der Waals surface area contributed by atoms with Crippen molar-refractivity contribution in [2.45, 2.75) is 13.3 Å². The average Bonchev–Trinajstić information content (AvgIpc) is 2.93. The molecule has 0 N–H and O–H groups in total. The average molecular weight is 300 g/mol. The van der Waals surface area contributed by atoms with Gasteiger partial charge in [-0.2, -0.15) is 0 Å². The molecule has 1 aromatic heterocycles. The summed E-state index contributed by atoms with van der Waals surface area (Å²) in [5.41, 5.74) is 3.27. The van der Waals surface area contributed by atoms with E-state index in [1.165, 1.54) is 28.1 Å². The Balaban J connectivity index is 1.86. The third kappa shape index (κ3) is 3.03. The van der Waals surface area contributed by atoms with E-state index in [-0.39, 0.29) is 0 Å². The summed E-state index contributed by atoms with van der Waals surface area (Å²) >= 11 is 1.61. The molecule has 1 heterocycles. The highest BCUT2D eigenvalue weighted by Gasteiger charge is 2.08. The Morgan fingerprint density at radius 1 is 0.905 bits per heavy atom. The van der Waals surface area contributed by atoms with Crippen LogP contribution in [0, 0.1) is 18.6 Å². The van der Waals surface area contributed by atoms with E-state index in [1.807, 2.05) is 24.3 Å². The zero-order valence-corrected chi connectivity index (χ0v) is 12.4. The summed E-state index contributed by atoms with van der Waals surface area (Å²) in [4.78, 5) is 2.17. The Kier molecular flexibility index (Phi) is 3.84. The first-order chi connectivity index (χ1) is 10.1. The van der Waals surface area contributed by atoms with Crippen molar-refractivity contribution in [3.63, 3.8) is 0 Å². The van der Waals surface area contributed by atoms with Crippen molar-refractivity contribution in [1.29, 1.82) is 0 Å². The van der Waals surface area contributed by atoms with Gasteiger partial charge in [0.15, 0.2) is 11.6 Å². The normalized spacial score (nSPS) is 10.8. The number of hydrogen-bond acceptors (Lipinski definition) is 1. The van der Waals surface area contributed by atoms with E-state index >= 15 is 0 Å². The molecule has 0 saturated carbocycles. The number of rotatable bonds is 3. The maximum atomic E-state index is 13.3. The lowest BCUT2D eigenvalue weighted by Gasteiger charge is -2.03. The van der Waals surface area contributed by atoms with Crippen LogP contribution in [0.25, 0.3) is 10.4 Å². The molecule has 0 unspecified atom stereocenters. The fourth-order valence-corrected chi connectivity index (χ4v) is 3.30. The van der Waals surface area contributed by atoms with E-state index in [9.17, 15) is 8.78 Å². The van der Waals surface area contributed by atoms with Crippen LogP contribution in [-0.4, -0.2) is 0 Å². The fourth-order valence-electron chi connectivity index (χ4n) is 2.27. The standard InChI is InChI=1S/C18H14F2S/c1-12-4-2-3-5-13(12)10-15-7-9-18(21-15)14-6-8-16(19)17(20)11-14/h2-9,11H,10H2,1H3. The van der Waals surface area contributed by atoms with Gasteiger partial charge in [0.05, 0.1) is 0 Å². The monoisotopic (exact) mass is 300 g/mol. The summed E-state index contributed by atoms with van der Waals surface area (Å²) in [6.07, 6.45) is 0.862. The van der Waals surface area contributed by atoms with Crippen LogP contribution in [0.4, 0.5) is 8.78 Å². The first-order valence-electron chi connectivity index (χ1n) is 6.72. The molecule has 0 fully saturated rings. The number of halogens is 2. The Morgan fingerprint density at radius 2 is 1.71 bits per heavy atom. The van der Waals surface area contributed by atoms with Gasteiger partial charge >= 0.3 is 0 Å². The van der Waals surface area contributed by atoms with Crippen LogP contribution >= 0.6 is 11.3 Å². The second-order valence-corrected chi connectivity index (χ2v) is 6.17. The molecular formula is C18H14F2S. The fraction of sp³-hybridized carbons (Fsp3) is 0.111. The molecule has 0 radical (unpaired) electrons. The second kappa shape index (κ2) is 5.78. The van der Waals surface area contributed by atoms with E-state index in [1.54, 1.807) is 17.4 Å². The van der Waals surface area contributed by atoms with Crippen LogP contribution in [0.2, 0.25) is 0 Å². The van der Waals surface area contributed by atoms with Crippen molar-refractivity contribution in [3.8, 4) is 10.4 Å². The lowest BCUT2D eigenvalue weighted by Crippen LogP contribution is -1.87. The number of aryl methyl sites for hydroxylation is 1. The first kappa shape index (κ1) is 14.0. The molecule has 21 heavy (non-hydrogen) atoms. The van der Waals surface area contributed by atoms with Gasteiger partial charge in [0.2, 0.25) is 0 Å². The molecule has 3 rings (SSSR count). The highest BCUT2D eigenvalue weighted by Crippen LogP contribution is 2.30. The Bertz CT molecular complexity index is 774. The van der Waals surface area contributed by atoms with Crippen LogP contribution in [0.5, 0.6) is 0 Å². The van der Waals surface area contributed by atoms with E-state index in [4.69, 9.17) is 0 Å². The zero-order chi connectivity index (χ0) is 14.8. The largest absolute Gasteiger partial charge is 0.204 e. The van der Waals surface area contributed by atoms with Gasteiger partial charge in [0.25, 0.3) is 0 Å². The van der Waals surface area contributed by atoms with Crippen molar-refractivity contribution in [2.75, 3.05) is 0 Å². The van der Waals surface area contributed by atoms with Crippen molar-refractivity contribution in [1.82, 2.24) is 0 Å². The molecule has 0 nitrogen and oxygen atoms in total. The van der Waals surface area contributed by atoms with Crippen LogP contribution in [0.15, 0.2) is 54.6 Å². The molecule has 0 aliphatic carbocycles. The summed E-state index contributed by atoms with van der Waals surface area (Å²) in [6.45, 7) is 2.10. The highest BCUT2D eigenvalue weighted by molar-refractivity contribution is 7.15. The third-order valence-electron chi connectivity index (χ3n) is 3.49. The number of thiophene rings is 1. The summed E-state index contributed by atoms with van der Waals surface area (Å²) in [5, 5.41) is 0. The van der Waals surface area contributed by atoms with Gasteiger partial charge < -0.3 is 0 Å². The topological polar surface area (TPSA) is 0 Å². The lowest BCUT2D eigenvalue weighted by molar-refractivity contribution is 0.509. The van der Waals surface area contributed by atoms with Crippen LogP contribution in [0.3, 0.4) is 0 Å². The molecule has 0 saturated heterocycles. The number of hydrogen-bond donors (Lipinski definition) is 0. The highest BCUT2D eigenvalue weighted by atomic mass is 32.1. The molecular weight excluding hydrogens is 286 g/mol. The Labute approximate surface area is 126 Å². The summed E-state index contributed by atoms with van der Waals surface area (Å²) in [6, 6.07) is 16.3. The van der Waals surface area contributed by atoms with Crippen LogP contribution < -0.4 is 0 Å². The van der Waals surface area contributed by atoms with Crippen molar-refractivity contribution in [2.24, 2.45) is 0 Å². The minimum atomic E-state index is -0.810. The number of benzene rings is 2. The summed E-state index contributed by atoms with van der Waals surface area (Å²) in [7, 11) is 0. The minimum Gasteiger partial charge on any atom is -0.204 e. The zero-order valence-electron chi connectivity index (χ0n) is 11.6. The molecule has 3 aromatic rings. The Morgan fingerprint density at radius 3 is 2.48 bits per heavy atom. The van der Waals surface area contributed by atoms with Gasteiger partial charge in [0.1, 0.15) is 0 Å². The second-order valence-electron chi connectivity index (χ2n) is 5.00. The molecule has 0 bridgehead atoms. The lowest BCUT2D eigenvalue weighted by atomic mass is 10.1. The van der Waals surface area contributed by atoms with Gasteiger partial charge in [-0.05, 0) is 47.9 Å². The van der Waals surface area contributed by atoms with Gasteiger partial charge in [0, 0.05) is 16.2 Å². The predicted molar refractivity (Wildman–Crippen MR) is 83.7 cm³/mol. The van der Waals surface area contributed by atoms with Crippen molar-refractivity contribution >= 4 is 11.3 Å². The van der Waals surface area contributed by atoms with E-state index in [0.717, 1.165) is 16.9 Å². The maximum absolute atomic E-state index is 13.3. The third-order valence-corrected chi connectivity index (χ3v) is 4.63. The SMILES string of the molecule is Cc1ccccc1Cc1ccc(-c2ccc(F)c(F)c2)s1. The Hall–Kier alpha value is -2.00. The molecule has 0 aliphatic heterocycles. The quantitative estimate of drug-likeness (QED) is 0.591. The van der Waals surface area contributed by atoms with Crippen LogP contribution in [-0.2, 0) is 6.42 Å². The molecule has 0 atom stereocenters. The molecule has 0 amide bonds. The van der Waals surface area contributed by atoms with E-state index in [2.05, 4.69) is 19.1 Å². The van der Waals surface area contributed by atoms with Crippen molar-refractivity contribution in [3.05, 3.63) is 82.2 Å². The predicted octanol–water partition coefficient (Wildman–Crippen LogP) is 5.59. The molecule has 2 aromatic carbocycles. The summed E-state index contributed by atoms with van der Waals surface area (Å²) < 4.78 is 26.3. The van der Waals surface area contributed by atoms with E-state index in [0.29, 0.717) is 0 Å². The molecule has 0 aliphatic rings. The smallest absolute Gasteiger partial charge is 0.159 e. The van der Waals surface area contributed by atoms with Crippen LogP contribution in [0.1, 0.15) is 16.0 Å². The van der Waals surface area contributed by atoms with E-state index < -0.39 is 11.6 Å². The minimum absolute atomic E-state index is 0.718. The summed E-state index contributed by atoms with van der Waals surface area (Å²) in [5.74, 6) is -1.61. The molecule has 0 spiro atoms. The van der Waals surface area contributed by atoms with Gasteiger partial charge in [-0.1, -0.05) is 30.3 Å². The molecule has 106 valence electrons. The van der Waals surface area contributed by atoms with Gasteiger partial charge in [-0.3, -0.25) is 0 Å². The molecule has 3 heteroatoms. The van der Waals surface area contributed by atoms with Gasteiger partial charge in [-0.25, -0.2) is 8.78 Å². The maximum Gasteiger partial charge on any atom is 0.159 e. The van der Waals surface area contributed by atoms with Crippen molar-refractivity contribution < 1.29 is 8.78 Å². The first-order valence-corrected chi connectivity index (χ1v) is 7.54. The van der Waals surface area contributed by atoms with Gasteiger partial charge in [-0.15, -0.1) is 11.3 Å².